The number of nitrogens with one attached hydrogen (secondary N) is 1. The predicted molar refractivity (Wildman–Crippen MR) is 121 cm³/mol. The van der Waals surface area contributed by atoms with Crippen LogP contribution in [0.3, 0.4) is 0 Å². The molecule has 1 aliphatic heterocycles. The van der Waals surface area contributed by atoms with E-state index >= 15 is 0 Å². The van der Waals surface area contributed by atoms with Crippen molar-refractivity contribution in [2.75, 3.05) is 0 Å². The molecule has 2 aromatic carbocycles. The van der Waals surface area contributed by atoms with Crippen molar-refractivity contribution < 1.29 is 30.5 Å². The lowest BCUT2D eigenvalue weighted by Gasteiger charge is -2.07. The minimum absolute atomic E-state index is 0.0791. The SMILES string of the molecule is O=S(=O)(OC1=N/C(=C\c2ccc(Cc3ccccc3)[nH]2)C(OCc2ccccc2)=C1)C(F)(F)F. The van der Waals surface area contributed by atoms with Gasteiger partial charge in [0.05, 0.1) is 0 Å². The van der Waals surface area contributed by atoms with Gasteiger partial charge in [0, 0.05) is 23.9 Å². The van der Waals surface area contributed by atoms with Crippen molar-refractivity contribution in [2.24, 2.45) is 4.99 Å². The number of hydrogen-bond acceptors (Lipinski definition) is 5. The number of aromatic amines is 1. The minimum atomic E-state index is -5.86. The molecule has 176 valence electrons. The summed E-state index contributed by atoms with van der Waals surface area (Å²) in [6, 6.07) is 22.5. The molecule has 0 saturated carbocycles. The van der Waals surface area contributed by atoms with Gasteiger partial charge in [-0.1, -0.05) is 60.7 Å². The first kappa shape index (κ1) is 23.4. The van der Waals surface area contributed by atoms with E-state index in [1.807, 2.05) is 66.7 Å². The van der Waals surface area contributed by atoms with Gasteiger partial charge in [0.15, 0.2) is 5.76 Å². The summed E-state index contributed by atoms with van der Waals surface area (Å²) in [6.45, 7) is 0.100. The second-order valence-electron chi connectivity index (χ2n) is 7.35. The zero-order valence-electron chi connectivity index (χ0n) is 17.6. The molecule has 10 heteroatoms. The van der Waals surface area contributed by atoms with Gasteiger partial charge >= 0.3 is 15.6 Å². The Kier molecular flexibility index (Phi) is 6.60. The fraction of sp³-hybridized carbons (Fsp3) is 0.125. The van der Waals surface area contributed by atoms with Crippen molar-refractivity contribution in [3.05, 3.63) is 113 Å². The number of hydrogen-bond donors (Lipinski definition) is 1. The fourth-order valence-corrected chi connectivity index (χ4v) is 3.56. The van der Waals surface area contributed by atoms with Crippen LogP contribution < -0.4 is 0 Å². The van der Waals surface area contributed by atoms with Crippen LogP contribution in [-0.4, -0.2) is 24.8 Å². The monoisotopic (exact) mass is 488 g/mol. The van der Waals surface area contributed by atoms with Crippen LogP contribution in [-0.2, 0) is 32.1 Å². The van der Waals surface area contributed by atoms with Crippen LogP contribution in [0.5, 0.6) is 0 Å². The highest BCUT2D eigenvalue weighted by molar-refractivity contribution is 7.88. The second-order valence-corrected chi connectivity index (χ2v) is 8.88. The molecule has 0 atom stereocenters. The summed E-state index contributed by atoms with van der Waals surface area (Å²) in [6.07, 6.45) is 3.21. The van der Waals surface area contributed by atoms with E-state index in [-0.39, 0.29) is 18.1 Å². The minimum Gasteiger partial charge on any atom is -0.486 e. The third kappa shape index (κ3) is 5.76. The summed E-state index contributed by atoms with van der Waals surface area (Å²) in [5, 5.41) is 0. The number of halogens is 3. The van der Waals surface area contributed by atoms with Crippen LogP contribution in [0.1, 0.15) is 22.5 Å². The molecule has 0 fully saturated rings. The Morgan fingerprint density at radius 3 is 2.21 bits per heavy atom. The molecule has 0 spiro atoms. The summed E-state index contributed by atoms with van der Waals surface area (Å²) < 4.78 is 70.9. The largest absolute Gasteiger partial charge is 0.534 e. The van der Waals surface area contributed by atoms with E-state index in [2.05, 4.69) is 14.2 Å². The molecule has 6 nitrogen and oxygen atoms in total. The van der Waals surface area contributed by atoms with E-state index < -0.39 is 21.5 Å². The Labute approximate surface area is 194 Å². The topological polar surface area (TPSA) is 80.8 Å². The Bertz CT molecular complexity index is 1340. The molecule has 3 aromatic rings. The lowest BCUT2D eigenvalue weighted by molar-refractivity contribution is -0.0504. The molecule has 1 N–H and O–H groups in total. The number of benzene rings is 2. The van der Waals surface area contributed by atoms with Crippen LogP contribution in [0.2, 0.25) is 0 Å². The quantitative estimate of drug-likeness (QED) is 0.360. The Balaban J connectivity index is 1.57. The van der Waals surface area contributed by atoms with Gasteiger partial charge in [-0.25, -0.2) is 4.99 Å². The number of rotatable bonds is 7. The van der Waals surface area contributed by atoms with Crippen molar-refractivity contribution in [3.8, 4) is 0 Å². The summed E-state index contributed by atoms with van der Waals surface area (Å²) in [4.78, 5) is 7.11. The maximum absolute atomic E-state index is 12.7. The number of aliphatic imine (C=N–C) groups is 1. The molecule has 1 aromatic heterocycles. The summed E-state index contributed by atoms with van der Waals surface area (Å²) >= 11 is 0. The molecular weight excluding hydrogens is 469 g/mol. The van der Waals surface area contributed by atoms with Gasteiger partial charge in [0.25, 0.3) is 0 Å². The molecule has 0 radical (unpaired) electrons. The average Bonchev–Trinajstić information content (AvgIpc) is 3.39. The first-order chi connectivity index (χ1) is 16.2. The molecule has 4 rings (SSSR count). The van der Waals surface area contributed by atoms with E-state index in [4.69, 9.17) is 4.74 Å². The van der Waals surface area contributed by atoms with Gasteiger partial charge in [-0.05, 0) is 29.3 Å². The molecular formula is C24H19F3N2O4S. The lowest BCUT2D eigenvalue weighted by atomic mass is 10.1. The van der Waals surface area contributed by atoms with Gasteiger partial charge < -0.3 is 13.9 Å². The average molecular weight is 488 g/mol. The van der Waals surface area contributed by atoms with Crippen molar-refractivity contribution >= 4 is 22.1 Å². The van der Waals surface area contributed by atoms with Gasteiger partial charge in [0.2, 0.25) is 5.90 Å². The first-order valence-electron chi connectivity index (χ1n) is 10.1. The normalized spacial score (nSPS) is 15.2. The smallest absolute Gasteiger partial charge is 0.486 e. The second kappa shape index (κ2) is 9.60. The van der Waals surface area contributed by atoms with Crippen molar-refractivity contribution in [2.45, 2.75) is 18.5 Å². The van der Waals surface area contributed by atoms with E-state index in [9.17, 15) is 21.6 Å². The summed E-state index contributed by atoms with van der Waals surface area (Å²) in [7, 11) is -5.86. The van der Waals surface area contributed by atoms with Gasteiger partial charge in [-0.3, -0.25) is 0 Å². The fourth-order valence-electron chi connectivity index (χ4n) is 3.16. The molecule has 0 bridgehead atoms. The van der Waals surface area contributed by atoms with Gasteiger partial charge in [-0.15, -0.1) is 0 Å². The molecule has 0 amide bonds. The number of aromatic nitrogens is 1. The third-order valence-electron chi connectivity index (χ3n) is 4.75. The highest BCUT2D eigenvalue weighted by Crippen LogP contribution is 2.29. The maximum atomic E-state index is 12.7. The highest BCUT2D eigenvalue weighted by Gasteiger charge is 2.49. The zero-order chi connectivity index (χ0) is 24.2. The molecule has 1 aliphatic rings. The van der Waals surface area contributed by atoms with Crippen LogP contribution >= 0.6 is 0 Å². The summed E-state index contributed by atoms with van der Waals surface area (Å²) in [5.41, 5.74) is -2.03. The van der Waals surface area contributed by atoms with Crippen LogP contribution in [0.25, 0.3) is 6.08 Å². The standard InChI is InChI=1S/C24H19F3N2O4S/c25-24(26,27)34(30,31)33-23-15-22(32-16-18-9-5-2-6-10-18)21(29-23)14-20-12-11-19(28-20)13-17-7-3-1-4-8-17/h1-12,14-15,28H,13,16H2/b21-14-. The van der Waals surface area contributed by atoms with Crippen molar-refractivity contribution in [1.82, 2.24) is 4.98 Å². The van der Waals surface area contributed by atoms with Crippen molar-refractivity contribution in [3.63, 3.8) is 0 Å². The molecule has 34 heavy (non-hydrogen) atoms. The first-order valence-corrected chi connectivity index (χ1v) is 11.5. The molecule has 0 saturated heterocycles. The Hall–Kier alpha value is -3.79. The number of nitrogens with zero attached hydrogens (tertiary/aromatic N) is 1. The third-order valence-corrected chi connectivity index (χ3v) is 5.71. The van der Waals surface area contributed by atoms with Gasteiger partial charge in [0.1, 0.15) is 12.3 Å². The zero-order valence-corrected chi connectivity index (χ0v) is 18.4. The molecule has 0 aliphatic carbocycles. The van der Waals surface area contributed by atoms with Crippen LogP contribution in [0, 0.1) is 0 Å². The molecule has 0 unspecified atom stereocenters. The van der Waals surface area contributed by atoms with Gasteiger partial charge in [-0.2, -0.15) is 21.6 Å². The van der Waals surface area contributed by atoms with Crippen LogP contribution in [0.4, 0.5) is 13.2 Å². The lowest BCUT2D eigenvalue weighted by Crippen LogP contribution is -2.27. The Morgan fingerprint density at radius 1 is 0.912 bits per heavy atom. The maximum Gasteiger partial charge on any atom is 0.534 e. The van der Waals surface area contributed by atoms with Crippen LogP contribution in [0.15, 0.2) is 95.3 Å². The number of H-pyrrole nitrogens is 1. The van der Waals surface area contributed by atoms with E-state index in [0.717, 1.165) is 22.9 Å². The van der Waals surface area contributed by atoms with E-state index in [0.29, 0.717) is 12.1 Å². The predicted octanol–water partition coefficient (Wildman–Crippen LogP) is 5.33. The van der Waals surface area contributed by atoms with E-state index in [1.165, 1.54) is 0 Å². The van der Waals surface area contributed by atoms with Crippen molar-refractivity contribution in [1.29, 1.82) is 0 Å². The highest BCUT2D eigenvalue weighted by atomic mass is 32.2. The Morgan fingerprint density at radius 2 is 1.56 bits per heavy atom. The number of ether oxygens (including phenoxy) is 1. The number of alkyl halides is 3. The summed E-state index contributed by atoms with van der Waals surface area (Å²) in [5.74, 6) is -0.655. The van der Waals surface area contributed by atoms with E-state index in [1.54, 1.807) is 12.1 Å². The molecule has 2 heterocycles.